The van der Waals surface area contributed by atoms with Gasteiger partial charge in [0.05, 0.1) is 17.7 Å². The van der Waals surface area contributed by atoms with Crippen molar-refractivity contribution < 1.29 is 17.2 Å². The first-order valence-electron chi connectivity index (χ1n) is 8.44. The third-order valence-electron chi connectivity index (χ3n) is 4.67. The van der Waals surface area contributed by atoms with Crippen LogP contribution in [0, 0.1) is 18.7 Å². The molecule has 2 heterocycles. The number of furan rings is 1. The van der Waals surface area contributed by atoms with Gasteiger partial charge in [-0.3, -0.25) is 4.90 Å². The largest absolute Gasteiger partial charge is 0.468 e. The molecule has 1 N–H and O–H groups in total. The number of piperidine rings is 1. The highest BCUT2D eigenvalue weighted by Crippen LogP contribution is 2.20. The summed E-state index contributed by atoms with van der Waals surface area (Å²) in [7, 11) is -3.60. The average Bonchev–Trinajstić information content (AvgIpc) is 3.10. The van der Waals surface area contributed by atoms with E-state index in [2.05, 4.69) is 9.62 Å². The highest BCUT2D eigenvalue weighted by Gasteiger charge is 2.22. The lowest BCUT2D eigenvalue weighted by Gasteiger charge is -2.31. The number of rotatable bonds is 6. The number of benzene rings is 1. The molecule has 1 saturated heterocycles. The minimum atomic E-state index is -3.60. The molecular formula is C18H23FN2O3S. The van der Waals surface area contributed by atoms with Crippen LogP contribution in [0.15, 0.2) is 45.9 Å². The Labute approximate surface area is 147 Å². The van der Waals surface area contributed by atoms with E-state index in [0.717, 1.165) is 38.2 Å². The molecule has 0 amide bonds. The van der Waals surface area contributed by atoms with Crippen LogP contribution in [0.25, 0.3) is 0 Å². The van der Waals surface area contributed by atoms with Crippen LogP contribution in [0.3, 0.4) is 0 Å². The van der Waals surface area contributed by atoms with Crippen molar-refractivity contribution in [1.29, 1.82) is 0 Å². The summed E-state index contributed by atoms with van der Waals surface area (Å²) in [6.45, 7) is 4.60. The monoisotopic (exact) mass is 366 g/mol. The number of nitrogens with zero attached hydrogens (tertiary/aromatic N) is 1. The molecule has 5 nitrogen and oxygen atoms in total. The van der Waals surface area contributed by atoms with E-state index < -0.39 is 15.8 Å². The van der Waals surface area contributed by atoms with Crippen LogP contribution in [-0.4, -0.2) is 33.0 Å². The molecule has 1 aromatic carbocycles. The van der Waals surface area contributed by atoms with Gasteiger partial charge < -0.3 is 4.42 Å². The Balaban J connectivity index is 1.49. The molecule has 1 aliphatic heterocycles. The summed E-state index contributed by atoms with van der Waals surface area (Å²) in [5.41, 5.74) is 0.328. The van der Waals surface area contributed by atoms with Crippen molar-refractivity contribution in [1.82, 2.24) is 9.62 Å². The summed E-state index contributed by atoms with van der Waals surface area (Å²) in [6.07, 6.45) is 3.55. The lowest BCUT2D eigenvalue weighted by molar-refractivity contribution is 0.168. The van der Waals surface area contributed by atoms with Gasteiger partial charge in [0.15, 0.2) is 0 Å². The fourth-order valence-electron chi connectivity index (χ4n) is 3.07. The van der Waals surface area contributed by atoms with Crippen molar-refractivity contribution in [2.45, 2.75) is 31.2 Å². The van der Waals surface area contributed by atoms with Crippen LogP contribution in [0.2, 0.25) is 0 Å². The lowest BCUT2D eigenvalue weighted by Crippen LogP contribution is -2.38. The van der Waals surface area contributed by atoms with E-state index >= 15 is 0 Å². The number of halogens is 1. The summed E-state index contributed by atoms with van der Waals surface area (Å²) >= 11 is 0. The average molecular weight is 366 g/mol. The van der Waals surface area contributed by atoms with Crippen LogP contribution in [0.1, 0.15) is 24.2 Å². The zero-order chi connectivity index (χ0) is 17.9. The third-order valence-corrected chi connectivity index (χ3v) is 6.09. The molecular weight excluding hydrogens is 343 g/mol. The van der Waals surface area contributed by atoms with Gasteiger partial charge in [-0.25, -0.2) is 17.5 Å². The van der Waals surface area contributed by atoms with Crippen LogP contribution < -0.4 is 4.72 Å². The molecule has 0 spiro atoms. The van der Waals surface area contributed by atoms with Gasteiger partial charge in [0, 0.05) is 6.54 Å². The second kappa shape index (κ2) is 7.68. The smallest absolute Gasteiger partial charge is 0.240 e. The Morgan fingerprint density at radius 1 is 1.28 bits per heavy atom. The van der Waals surface area contributed by atoms with Gasteiger partial charge >= 0.3 is 0 Å². The predicted molar refractivity (Wildman–Crippen MR) is 93.0 cm³/mol. The fraction of sp³-hybridized carbons (Fsp3) is 0.444. The Hall–Kier alpha value is -1.70. The standard InChI is InChI=1S/C18H23FN2O3S/c1-14-11-17(4-5-18(14)19)25(22,23)20-12-15-6-8-21(9-7-15)13-16-3-2-10-24-16/h2-5,10-11,15,20H,6-9,12-13H2,1H3. The number of sulfonamides is 1. The first-order valence-corrected chi connectivity index (χ1v) is 9.93. The van der Waals surface area contributed by atoms with E-state index in [1.807, 2.05) is 12.1 Å². The van der Waals surface area contributed by atoms with Gasteiger partial charge in [-0.15, -0.1) is 0 Å². The van der Waals surface area contributed by atoms with E-state index in [-0.39, 0.29) is 4.90 Å². The second-order valence-corrected chi connectivity index (χ2v) is 8.33. The number of hydrogen-bond acceptors (Lipinski definition) is 4. The first kappa shape index (κ1) is 18.1. The number of nitrogens with one attached hydrogen (secondary N) is 1. The van der Waals surface area contributed by atoms with Crippen molar-refractivity contribution in [3.8, 4) is 0 Å². The molecule has 2 aromatic rings. The molecule has 0 atom stereocenters. The summed E-state index contributed by atoms with van der Waals surface area (Å²) in [4.78, 5) is 2.43. The van der Waals surface area contributed by atoms with Gasteiger partial charge in [-0.2, -0.15) is 0 Å². The molecule has 7 heteroatoms. The predicted octanol–water partition coefficient (Wildman–Crippen LogP) is 2.92. The van der Waals surface area contributed by atoms with Gasteiger partial charge in [0.2, 0.25) is 10.0 Å². The molecule has 25 heavy (non-hydrogen) atoms. The van der Waals surface area contributed by atoms with Gasteiger partial charge in [-0.05, 0) is 74.7 Å². The minimum absolute atomic E-state index is 0.113. The summed E-state index contributed by atoms with van der Waals surface area (Å²) in [6, 6.07) is 7.70. The topological polar surface area (TPSA) is 62.6 Å². The quantitative estimate of drug-likeness (QED) is 0.854. The van der Waals surface area contributed by atoms with Gasteiger partial charge in [0.25, 0.3) is 0 Å². The van der Waals surface area contributed by atoms with Crippen LogP contribution >= 0.6 is 0 Å². The van der Waals surface area contributed by atoms with Crippen LogP contribution in [-0.2, 0) is 16.6 Å². The van der Waals surface area contributed by atoms with Crippen molar-refractivity contribution in [3.63, 3.8) is 0 Å². The Kier molecular flexibility index (Phi) is 5.56. The molecule has 0 aliphatic carbocycles. The lowest BCUT2D eigenvalue weighted by atomic mass is 9.97. The molecule has 0 saturated carbocycles. The van der Waals surface area contributed by atoms with Crippen molar-refractivity contribution in [2.75, 3.05) is 19.6 Å². The summed E-state index contributed by atoms with van der Waals surface area (Å²) in [5.74, 6) is 0.859. The fourth-order valence-corrected chi connectivity index (χ4v) is 4.27. The summed E-state index contributed by atoms with van der Waals surface area (Å²) in [5, 5.41) is 0. The molecule has 1 fully saturated rings. The number of aryl methyl sites for hydroxylation is 1. The Morgan fingerprint density at radius 3 is 2.68 bits per heavy atom. The molecule has 3 rings (SSSR count). The summed E-state index contributed by atoms with van der Waals surface area (Å²) < 4.78 is 46.1. The maximum absolute atomic E-state index is 13.3. The molecule has 0 unspecified atom stereocenters. The van der Waals surface area contributed by atoms with Crippen molar-refractivity contribution in [3.05, 3.63) is 53.7 Å². The highest BCUT2D eigenvalue weighted by molar-refractivity contribution is 7.89. The van der Waals surface area contributed by atoms with E-state index in [4.69, 9.17) is 4.42 Å². The number of likely N-dealkylation sites (tertiary alicyclic amines) is 1. The zero-order valence-electron chi connectivity index (χ0n) is 14.2. The maximum atomic E-state index is 13.3. The second-order valence-electron chi connectivity index (χ2n) is 6.56. The van der Waals surface area contributed by atoms with Crippen LogP contribution in [0.4, 0.5) is 4.39 Å². The van der Waals surface area contributed by atoms with Crippen molar-refractivity contribution in [2.24, 2.45) is 5.92 Å². The highest BCUT2D eigenvalue weighted by atomic mass is 32.2. The van der Waals surface area contributed by atoms with Crippen LogP contribution in [0.5, 0.6) is 0 Å². The third kappa shape index (κ3) is 4.68. The first-order chi connectivity index (χ1) is 11.9. The van der Waals surface area contributed by atoms with E-state index in [0.29, 0.717) is 18.0 Å². The Bertz CT molecular complexity index is 798. The zero-order valence-corrected chi connectivity index (χ0v) is 15.1. The maximum Gasteiger partial charge on any atom is 0.240 e. The molecule has 136 valence electrons. The Morgan fingerprint density at radius 2 is 2.04 bits per heavy atom. The van der Waals surface area contributed by atoms with E-state index in [1.165, 1.54) is 18.2 Å². The van der Waals surface area contributed by atoms with E-state index in [9.17, 15) is 12.8 Å². The molecule has 0 radical (unpaired) electrons. The SMILES string of the molecule is Cc1cc(S(=O)(=O)NCC2CCN(Cc3ccco3)CC2)ccc1F. The molecule has 0 bridgehead atoms. The van der Waals surface area contributed by atoms with E-state index in [1.54, 1.807) is 13.2 Å². The number of hydrogen-bond donors (Lipinski definition) is 1. The normalized spacial score (nSPS) is 17.0. The van der Waals surface area contributed by atoms with Gasteiger partial charge in [-0.1, -0.05) is 0 Å². The van der Waals surface area contributed by atoms with Gasteiger partial charge in [0.1, 0.15) is 11.6 Å². The van der Waals surface area contributed by atoms with Crippen molar-refractivity contribution >= 4 is 10.0 Å². The minimum Gasteiger partial charge on any atom is -0.468 e. The molecule has 1 aromatic heterocycles. The molecule has 1 aliphatic rings.